The number of halogens is 6. The quantitative estimate of drug-likeness (QED) is 0.217. The smallest absolute Gasteiger partial charge is 0.396 e. The summed E-state index contributed by atoms with van der Waals surface area (Å²) in [5.41, 5.74) is -0.755. The molecule has 212 valence electrons. The van der Waals surface area contributed by atoms with Crippen molar-refractivity contribution in [1.82, 2.24) is 14.5 Å². The second-order valence-electron chi connectivity index (χ2n) is 10.2. The van der Waals surface area contributed by atoms with Gasteiger partial charge in [0.25, 0.3) is 0 Å². The van der Waals surface area contributed by atoms with Crippen LogP contribution in [0.2, 0.25) is 0 Å². The third kappa shape index (κ3) is 5.25. The lowest BCUT2D eigenvalue weighted by atomic mass is 9.66. The van der Waals surface area contributed by atoms with Crippen molar-refractivity contribution in [3.8, 4) is 11.1 Å². The van der Waals surface area contributed by atoms with E-state index in [-0.39, 0.29) is 31.3 Å². The van der Waals surface area contributed by atoms with Crippen LogP contribution >= 0.6 is 0 Å². The van der Waals surface area contributed by atoms with Crippen LogP contribution in [0.3, 0.4) is 0 Å². The monoisotopic (exact) mass is 564 g/mol. The minimum absolute atomic E-state index is 0.0572. The van der Waals surface area contributed by atoms with Gasteiger partial charge in [-0.25, -0.2) is 4.98 Å². The summed E-state index contributed by atoms with van der Waals surface area (Å²) in [5.74, 6) is -0.179. The lowest BCUT2D eigenvalue weighted by Gasteiger charge is -2.46. The van der Waals surface area contributed by atoms with Gasteiger partial charge >= 0.3 is 12.4 Å². The molecule has 0 atom stereocenters. The van der Waals surface area contributed by atoms with Gasteiger partial charge in [-0.15, -0.1) is 0 Å². The highest BCUT2D eigenvalue weighted by Gasteiger charge is 2.45. The van der Waals surface area contributed by atoms with Gasteiger partial charge in [0.05, 0.1) is 24.3 Å². The molecule has 0 radical (unpaired) electrons. The maximum atomic E-state index is 13.3. The van der Waals surface area contributed by atoms with E-state index < -0.39 is 34.6 Å². The van der Waals surface area contributed by atoms with Gasteiger partial charge in [0, 0.05) is 40.5 Å². The molecular formula is C28H26F6N4O2. The second-order valence-corrected chi connectivity index (χ2v) is 10.2. The zero-order valence-corrected chi connectivity index (χ0v) is 21.3. The highest BCUT2D eigenvalue weighted by molar-refractivity contribution is 5.94. The van der Waals surface area contributed by atoms with Crippen LogP contribution in [0.25, 0.3) is 22.2 Å². The Morgan fingerprint density at radius 1 is 0.950 bits per heavy atom. The summed E-state index contributed by atoms with van der Waals surface area (Å²) in [6.45, 7) is 1.66. The molecule has 0 bridgehead atoms. The lowest BCUT2D eigenvalue weighted by molar-refractivity contribution is -0.143. The average Bonchev–Trinajstić information content (AvgIpc) is 3.26. The third-order valence-corrected chi connectivity index (χ3v) is 7.49. The van der Waals surface area contributed by atoms with E-state index in [1.165, 1.54) is 6.20 Å². The molecular weight excluding hydrogens is 538 g/mol. The van der Waals surface area contributed by atoms with Crippen molar-refractivity contribution in [2.45, 2.75) is 44.6 Å². The number of aliphatic hydroxyl groups excluding tert-OH is 2. The summed E-state index contributed by atoms with van der Waals surface area (Å²) < 4.78 is 81.9. The molecule has 1 saturated carbocycles. The van der Waals surface area contributed by atoms with Crippen LogP contribution in [0.15, 0.2) is 54.9 Å². The molecule has 5 rings (SSSR count). The summed E-state index contributed by atoms with van der Waals surface area (Å²) in [4.78, 5) is 8.69. The maximum absolute atomic E-state index is 13.3. The van der Waals surface area contributed by atoms with Gasteiger partial charge in [-0.3, -0.25) is 0 Å². The van der Waals surface area contributed by atoms with Crippen LogP contribution < -0.4 is 5.32 Å². The number of fused-ring (bicyclic) bond motifs is 1. The molecule has 0 saturated heterocycles. The normalized spacial score (nSPS) is 15.8. The van der Waals surface area contributed by atoms with Crippen molar-refractivity contribution in [2.24, 2.45) is 5.41 Å². The molecule has 1 fully saturated rings. The van der Waals surface area contributed by atoms with Crippen LogP contribution in [-0.4, -0.2) is 38.0 Å². The van der Waals surface area contributed by atoms with E-state index >= 15 is 0 Å². The van der Waals surface area contributed by atoms with Crippen LogP contribution in [0, 0.1) is 5.41 Å². The minimum atomic E-state index is -4.99. The van der Waals surface area contributed by atoms with E-state index in [0.717, 1.165) is 23.1 Å². The van der Waals surface area contributed by atoms with Crippen molar-refractivity contribution in [3.63, 3.8) is 0 Å². The average molecular weight is 565 g/mol. The summed E-state index contributed by atoms with van der Waals surface area (Å²) in [6.07, 6.45) is -4.84. The Morgan fingerprint density at radius 2 is 1.55 bits per heavy atom. The largest absolute Gasteiger partial charge is 0.416 e. The molecule has 12 heteroatoms. The number of hydrogen-bond acceptors (Lipinski definition) is 5. The second kappa shape index (κ2) is 10.1. The van der Waals surface area contributed by atoms with Crippen molar-refractivity contribution >= 4 is 22.7 Å². The summed E-state index contributed by atoms with van der Waals surface area (Å²) >= 11 is 0. The Kier molecular flexibility index (Phi) is 7.03. The Labute approximate surface area is 225 Å². The summed E-state index contributed by atoms with van der Waals surface area (Å²) in [7, 11) is 0. The number of aryl methyl sites for hydroxylation is 1. The van der Waals surface area contributed by atoms with Gasteiger partial charge in [0.1, 0.15) is 5.65 Å². The van der Waals surface area contributed by atoms with Crippen molar-refractivity contribution in [1.29, 1.82) is 0 Å². The molecule has 0 amide bonds. The molecule has 0 spiro atoms. The maximum Gasteiger partial charge on any atom is 0.416 e. The highest BCUT2D eigenvalue weighted by atomic mass is 19.4. The number of alkyl halides is 6. The molecule has 0 aliphatic heterocycles. The molecule has 3 N–H and O–H groups in total. The number of benzene rings is 2. The summed E-state index contributed by atoms with van der Waals surface area (Å²) in [5, 5.41) is 22.6. The lowest BCUT2D eigenvalue weighted by Crippen LogP contribution is -2.44. The Morgan fingerprint density at radius 3 is 2.08 bits per heavy atom. The van der Waals surface area contributed by atoms with Crippen molar-refractivity contribution in [3.05, 3.63) is 71.5 Å². The topological polar surface area (TPSA) is 83.2 Å². The number of hydrogen-bond donors (Lipinski definition) is 3. The van der Waals surface area contributed by atoms with Gasteiger partial charge in [-0.1, -0.05) is 31.2 Å². The third-order valence-electron chi connectivity index (χ3n) is 7.49. The van der Waals surface area contributed by atoms with E-state index in [1.807, 2.05) is 42.0 Å². The van der Waals surface area contributed by atoms with Gasteiger partial charge in [-0.2, -0.15) is 31.3 Å². The Bertz CT molecular complexity index is 1480. The van der Waals surface area contributed by atoms with Gasteiger partial charge in [0.15, 0.2) is 0 Å². The van der Waals surface area contributed by atoms with Crippen molar-refractivity contribution < 1.29 is 36.6 Å². The van der Waals surface area contributed by atoms with Crippen LogP contribution in [-0.2, 0) is 18.8 Å². The molecule has 1 aliphatic carbocycles. The summed E-state index contributed by atoms with van der Waals surface area (Å²) in [6, 6.07) is 8.97. The van der Waals surface area contributed by atoms with Gasteiger partial charge in [0.2, 0.25) is 5.95 Å². The number of aromatic nitrogens is 3. The first-order valence-electron chi connectivity index (χ1n) is 12.6. The molecule has 2 aromatic heterocycles. The first-order valence-corrected chi connectivity index (χ1v) is 12.6. The standard InChI is InChI=1S/C28H26F6N4O2/c1-2-16-3-5-17(6-4-16)23-13-38(21-10-26(11-21,14-39)15-40)24-22(23)12-35-25(37-24)36-20-8-18(27(29,30)31)7-19(9-20)28(32,33)34/h3-9,12-13,21,39-40H,2,10-11,14-15H2,1H3,(H,35,36,37). The van der Waals surface area contributed by atoms with Crippen LogP contribution in [0.5, 0.6) is 0 Å². The molecule has 2 heterocycles. The molecule has 4 aromatic rings. The zero-order valence-electron chi connectivity index (χ0n) is 21.3. The fourth-order valence-electron chi connectivity index (χ4n) is 5.12. The van der Waals surface area contributed by atoms with Crippen molar-refractivity contribution in [2.75, 3.05) is 18.5 Å². The Hall–Kier alpha value is -3.64. The molecule has 0 unspecified atom stereocenters. The van der Waals surface area contributed by atoms with Gasteiger partial charge < -0.3 is 20.1 Å². The SMILES string of the molecule is CCc1ccc(-c2cn(C3CC(CO)(CO)C3)c3nc(Nc4cc(C(F)(F)F)cc(C(F)(F)F)c4)ncc23)cc1. The minimum Gasteiger partial charge on any atom is -0.396 e. The van der Waals surface area contributed by atoms with E-state index in [1.54, 1.807) is 0 Å². The van der Waals surface area contributed by atoms with E-state index in [9.17, 15) is 36.6 Å². The number of anilines is 2. The van der Waals surface area contributed by atoms with E-state index in [0.29, 0.717) is 36.0 Å². The van der Waals surface area contributed by atoms with Crippen LogP contribution in [0.4, 0.5) is 38.0 Å². The number of rotatable bonds is 7. The van der Waals surface area contributed by atoms with E-state index in [2.05, 4.69) is 15.3 Å². The predicted molar refractivity (Wildman–Crippen MR) is 137 cm³/mol. The predicted octanol–water partition coefficient (Wildman–Crippen LogP) is 6.75. The first-order chi connectivity index (χ1) is 18.9. The molecule has 2 aromatic carbocycles. The molecule has 1 aliphatic rings. The fraction of sp³-hybridized carbons (Fsp3) is 0.357. The van der Waals surface area contributed by atoms with E-state index in [4.69, 9.17) is 0 Å². The number of aliphatic hydroxyl groups is 2. The Balaban J connectivity index is 1.58. The number of nitrogens with one attached hydrogen (secondary N) is 1. The molecule has 6 nitrogen and oxygen atoms in total. The fourth-order valence-corrected chi connectivity index (χ4v) is 5.12. The first kappa shape index (κ1) is 27.9. The van der Waals surface area contributed by atoms with Gasteiger partial charge in [-0.05, 0) is 48.6 Å². The molecule has 40 heavy (non-hydrogen) atoms. The zero-order chi connectivity index (χ0) is 28.9. The highest BCUT2D eigenvalue weighted by Crippen LogP contribution is 2.50. The number of nitrogens with zero attached hydrogens (tertiary/aromatic N) is 3. The van der Waals surface area contributed by atoms with Crippen LogP contribution in [0.1, 0.15) is 42.5 Å².